The molecule has 0 aliphatic carbocycles. The van der Waals surface area contributed by atoms with Crippen molar-refractivity contribution in [3.05, 3.63) is 0 Å². The van der Waals surface area contributed by atoms with Gasteiger partial charge in [-0.2, -0.15) is 0 Å². The monoisotopic (exact) mass is 756 g/mol. The summed E-state index contributed by atoms with van der Waals surface area (Å²) in [6, 6.07) is -4.11. The van der Waals surface area contributed by atoms with Crippen molar-refractivity contribution in [1.82, 2.24) is 47.1 Å². The maximum absolute atomic E-state index is 13.5. The van der Waals surface area contributed by atoms with Crippen molar-refractivity contribution in [2.75, 3.05) is 39.3 Å². The predicted molar refractivity (Wildman–Crippen MR) is 166 cm³/mol. The van der Waals surface area contributed by atoms with E-state index in [-0.39, 0.29) is 77.9 Å². The topological polar surface area (TPSA) is 296 Å². The summed E-state index contributed by atoms with van der Waals surface area (Å²) in [6.07, 6.45) is -0.483. The molecule has 0 spiro atoms. The van der Waals surface area contributed by atoms with Gasteiger partial charge >= 0.3 is 0 Å². The van der Waals surface area contributed by atoms with Gasteiger partial charge in [-0.15, -0.1) is 0 Å². The predicted octanol–water partition coefficient (Wildman–Crippen LogP) is -4.52. The zero-order chi connectivity index (χ0) is 36.4. The van der Waals surface area contributed by atoms with Gasteiger partial charge < -0.3 is 31.9 Å². The summed E-state index contributed by atoms with van der Waals surface area (Å²) >= 11 is 0. The number of rotatable bonds is 12. The van der Waals surface area contributed by atoms with Crippen LogP contribution in [0.25, 0.3) is 0 Å². The van der Waals surface area contributed by atoms with Crippen molar-refractivity contribution in [2.45, 2.75) is 77.4 Å². The third-order valence-corrected chi connectivity index (χ3v) is 6.91. The number of carbonyl (C=O) groups excluding carboxylic acids is 9. The second-order valence-electron chi connectivity index (χ2n) is 10.9. The zero-order valence-corrected chi connectivity index (χ0v) is 30.1. The van der Waals surface area contributed by atoms with Gasteiger partial charge in [-0.25, -0.2) is 15.2 Å². The summed E-state index contributed by atoms with van der Waals surface area (Å²) in [6.45, 7) is 0.894. The first-order valence-corrected chi connectivity index (χ1v) is 15.1. The molecule has 1 aliphatic rings. The molecule has 1 saturated heterocycles. The van der Waals surface area contributed by atoms with Crippen LogP contribution in [-0.4, -0.2) is 161 Å². The maximum atomic E-state index is 13.5. The van der Waals surface area contributed by atoms with E-state index in [2.05, 4.69) is 31.9 Å². The molecule has 1 heterocycles. The van der Waals surface area contributed by atoms with Crippen molar-refractivity contribution in [2.24, 2.45) is 0 Å². The van der Waals surface area contributed by atoms with E-state index in [0.717, 1.165) is 20.8 Å². The molecule has 1 fully saturated rings. The average Bonchev–Trinajstić information content (AvgIpc) is 3.02. The molecule has 3 atom stereocenters. The maximum Gasteiger partial charge on any atom is 0.243 e. The molecule has 9 amide bonds. The number of nitrogens with one attached hydrogen (secondary N) is 6. The molecule has 0 saturated carbocycles. The van der Waals surface area contributed by atoms with E-state index in [1.54, 1.807) is 0 Å². The fourth-order valence-corrected chi connectivity index (χ4v) is 4.18. The number of hydrogen-bond donors (Lipinski definition) is 9. The van der Waals surface area contributed by atoms with Crippen LogP contribution < -0.4 is 31.9 Å². The van der Waals surface area contributed by atoms with Crippen LogP contribution in [0.2, 0.25) is 0 Å². The van der Waals surface area contributed by atoms with Crippen LogP contribution in [-0.2, 0) is 43.2 Å². The first kappa shape index (κ1) is 44.7. The first-order chi connectivity index (χ1) is 22.5. The van der Waals surface area contributed by atoms with E-state index in [9.17, 15) is 58.8 Å². The third kappa shape index (κ3) is 18.2. The molecule has 21 nitrogen and oxygen atoms in total. The van der Waals surface area contributed by atoms with Gasteiger partial charge in [0.15, 0.2) is 0 Å². The van der Waals surface area contributed by atoms with Crippen LogP contribution >= 0.6 is 0 Å². The summed E-state index contributed by atoms with van der Waals surface area (Å²) < 4.78 is 0. The fraction of sp³-hybridized carbons (Fsp3) is 0.667. The minimum absolute atomic E-state index is 0. The van der Waals surface area contributed by atoms with Crippen molar-refractivity contribution < 1.29 is 58.8 Å². The van der Waals surface area contributed by atoms with Crippen LogP contribution in [0.3, 0.4) is 0 Å². The van der Waals surface area contributed by atoms with Crippen LogP contribution in [0.15, 0.2) is 0 Å². The molecule has 0 aromatic carbocycles. The summed E-state index contributed by atoms with van der Waals surface area (Å²) in [5.74, 6) is -7.02. The van der Waals surface area contributed by atoms with E-state index < -0.39 is 90.9 Å². The summed E-state index contributed by atoms with van der Waals surface area (Å²) in [4.78, 5) is 111. The molecule has 1 aliphatic heterocycles. The molecule has 22 heteroatoms. The number of carbonyl (C=O) groups is 9. The number of hydroxylamine groups is 6. The summed E-state index contributed by atoms with van der Waals surface area (Å²) in [7, 11) is 0. The Balaban J connectivity index is 0.0000230. The van der Waals surface area contributed by atoms with E-state index in [4.69, 9.17) is 0 Å². The van der Waals surface area contributed by atoms with Crippen LogP contribution in [0.4, 0.5) is 0 Å². The van der Waals surface area contributed by atoms with Crippen LogP contribution in [0.1, 0.15) is 59.3 Å². The Kier molecular flexibility index (Phi) is 21.2. The third-order valence-electron chi connectivity index (χ3n) is 6.91. The summed E-state index contributed by atoms with van der Waals surface area (Å²) in [5, 5.41) is 44.5. The Morgan fingerprint density at radius 1 is 0.531 bits per heavy atom. The van der Waals surface area contributed by atoms with Crippen molar-refractivity contribution >= 4 is 73.0 Å². The van der Waals surface area contributed by atoms with Gasteiger partial charge in [0.2, 0.25) is 53.2 Å². The number of amides is 9. The molecular formula is C27H45GaN9O12. The Morgan fingerprint density at radius 2 is 0.837 bits per heavy atom. The van der Waals surface area contributed by atoms with Gasteiger partial charge in [-0.05, 0) is 38.5 Å². The molecular weight excluding hydrogens is 712 g/mol. The standard InChI is InChI=1S/C27H45N9O12.Ga/c1-16(37)34(46)10-4-7-19-25(43)30-14-23(41)28-13-22(40)29-15-24(42)31-20(8-5-11-35(47)17(2)38)26(44)33-21(27(45)32-19)9-6-12-36(48)18(3)39;/h19-21,46-48H,4-15H2,1-3H3,(H,28,41)(H,29,40)(H,30,43)(H,31,42)(H,32,45)(H,33,44);/t19-,20-,21-;/m0./s1. The molecule has 273 valence electrons. The molecule has 1 rings (SSSR count). The Morgan fingerprint density at radius 3 is 1.20 bits per heavy atom. The van der Waals surface area contributed by atoms with Crippen LogP contribution in [0.5, 0.6) is 0 Å². The van der Waals surface area contributed by atoms with E-state index >= 15 is 0 Å². The second kappa shape index (κ2) is 23.2. The molecule has 3 radical (unpaired) electrons. The van der Waals surface area contributed by atoms with Crippen molar-refractivity contribution in [1.29, 1.82) is 0 Å². The smallest absolute Gasteiger partial charge is 0.243 e. The molecule has 9 N–H and O–H groups in total. The van der Waals surface area contributed by atoms with Gasteiger partial charge in [0.25, 0.3) is 0 Å². The summed E-state index contributed by atoms with van der Waals surface area (Å²) in [5.41, 5.74) is 0. The Hall–Kier alpha value is -4.25. The fourth-order valence-electron chi connectivity index (χ4n) is 4.18. The molecule has 0 aromatic heterocycles. The zero-order valence-electron chi connectivity index (χ0n) is 27.7. The van der Waals surface area contributed by atoms with E-state index in [1.165, 1.54) is 0 Å². The number of hydrogen-bond acceptors (Lipinski definition) is 12. The molecule has 0 unspecified atom stereocenters. The van der Waals surface area contributed by atoms with Gasteiger partial charge in [-0.1, -0.05) is 0 Å². The van der Waals surface area contributed by atoms with E-state index in [0.29, 0.717) is 15.2 Å². The second-order valence-corrected chi connectivity index (χ2v) is 10.9. The number of nitrogens with zero attached hydrogens (tertiary/aromatic N) is 3. The van der Waals surface area contributed by atoms with Gasteiger partial charge in [0, 0.05) is 60.2 Å². The van der Waals surface area contributed by atoms with Gasteiger partial charge in [0.1, 0.15) is 18.1 Å². The Bertz CT molecular complexity index is 1180. The van der Waals surface area contributed by atoms with Gasteiger partial charge in [-0.3, -0.25) is 58.8 Å². The van der Waals surface area contributed by atoms with Crippen molar-refractivity contribution in [3.63, 3.8) is 0 Å². The minimum Gasteiger partial charge on any atom is -0.346 e. The molecule has 0 aromatic rings. The first-order valence-electron chi connectivity index (χ1n) is 15.1. The largest absolute Gasteiger partial charge is 0.346 e. The normalized spacial score (nSPS) is 19.6. The van der Waals surface area contributed by atoms with Crippen LogP contribution in [0, 0.1) is 0 Å². The molecule has 0 bridgehead atoms. The van der Waals surface area contributed by atoms with Gasteiger partial charge in [0.05, 0.1) is 19.6 Å². The average molecular weight is 757 g/mol. The van der Waals surface area contributed by atoms with Crippen molar-refractivity contribution in [3.8, 4) is 0 Å². The Labute approximate surface area is 295 Å². The minimum atomic E-state index is -1.41. The SMILES string of the molecule is CC(=O)N(O)CCC[C@@H]1NC(=O)CNC(=O)CNC(=O)CNC(=O)[C@H](CCCN(O)C(C)=O)NC(=O)[C@H](CCCN(O)C(C)=O)NC1=O.[Ga]. The molecule has 49 heavy (non-hydrogen) atoms. The quantitative estimate of drug-likeness (QED) is 0.0517. The van der Waals surface area contributed by atoms with E-state index in [1.807, 2.05) is 0 Å².